The fourth-order valence-electron chi connectivity index (χ4n) is 1.73. The second-order valence-electron chi connectivity index (χ2n) is 4.21. The number of methoxy groups -OCH3 is 1. The molecule has 0 bridgehead atoms. The van der Waals surface area contributed by atoms with Crippen LogP contribution in [-0.4, -0.2) is 18.0 Å². The van der Waals surface area contributed by atoms with Gasteiger partial charge in [0.1, 0.15) is 17.3 Å². The molecule has 0 saturated carbocycles. The standard InChI is InChI=1S/C14H15ClN4O2/c1-21-10-4-2-3-9(7-10)8-17-14(20)13-11(15)5-6-12(18-13)19-16/h2-7H,8,16H2,1H3,(H,17,20)(H,18,19). The van der Waals surface area contributed by atoms with Crippen LogP contribution in [0.4, 0.5) is 5.82 Å². The molecule has 1 aromatic heterocycles. The molecule has 6 nitrogen and oxygen atoms in total. The van der Waals surface area contributed by atoms with Crippen LogP contribution >= 0.6 is 11.6 Å². The number of hydrogen-bond acceptors (Lipinski definition) is 5. The lowest BCUT2D eigenvalue weighted by molar-refractivity contribution is 0.0946. The molecule has 21 heavy (non-hydrogen) atoms. The fraction of sp³-hybridized carbons (Fsp3) is 0.143. The topological polar surface area (TPSA) is 89.3 Å². The first-order valence-electron chi connectivity index (χ1n) is 6.18. The number of pyridine rings is 1. The van der Waals surface area contributed by atoms with Crippen LogP contribution in [0.2, 0.25) is 5.02 Å². The smallest absolute Gasteiger partial charge is 0.271 e. The molecule has 1 aromatic carbocycles. The number of nitrogen functional groups attached to an aromatic ring is 1. The lowest BCUT2D eigenvalue weighted by Gasteiger charge is -2.08. The van der Waals surface area contributed by atoms with Crippen molar-refractivity contribution in [1.82, 2.24) is 10.3 Å². The van der Waals surface area contributed by atoms with Crippen molar-refractivity contribution >= 4 is 23.3 Å². The van der Waals surface area contributed by atoms with Crippen molar-refractivity contribution in [3.63, 3.8) is 0 Å². The number of nitrogens with zero attached hydrogens (tertiary/aromatic N) is 1. The van der Waals surface area contributed by atoms with Gasteiger partial charge in [0.2, 0.25) is 0 Å². The van der Waals surface area contributed by atoms with Crippen molar-refractivity contribution in [3.8, 4) is 5.75 Å². The van der Waals surface area contributed by atoms with Crippen molar-refractivity contribution in [2.24, 2.45) is 5.84 Å². The maximum atomic E-state index is 12.1. The van der Waals surface area contributed by atoms with E-state index in [9.17, 15) is 4.79 Å². The Labute approximate surface area is 127 Å². The second-order valence-corrected chi connectivity index (χ2v) is 4.61. The second kappa shape index (κ2) is 6.92. The molecule has 0 radical (unpaired) electrons. The van der Waals surface area contributed by atoms with E-state index >= 15 is 0 Å². The van der Waals surface area contributed by atoms with Gasteiger partial charge in [0, 0.05) is 6.54 Å². The molecular weight excluding hydrogens is 292 g/mol. The molecule has 0 fully saturated rings. The number of ether oxygens (including phenoxy) is 1. The van der Waals surface area contributed by atoms with E-state index in [1.165, 1.54) is 0 Å². The monoisotopic (exact) mass is 306 g/mol. The molecule has 4 N–H and O–H groups in total. The van der Waals surface area contributed by atoms with Gasteiger partial charge in [-0.3, -0.25) is 4.79 Å². The molecule has 0 unspecified atom stereocenters. The average Bonchev–Trinajstić information content (AvgIpc) is 2.53. The number of anilines is 1. The Morgan fingerprint density at radius 1 is 1.38 bits per heavy atom. The molecule has 2 aromatic rings. The third kappa shape index (κ3) is 3.84. The summed E-state index contributed by atoms with van der Waals surface area (Å²) in [5.41, 5.74) is 3.40. The van der Waals surface area contributed by atoms with Crippen molar-refractivity contribution in [1.29, 1.82) is 0 Å². The van der Waals surface area contributed by atoms with E-state index in [2.05, 4.69) is 15.7 Å². The van der Waals surface area contributed by atoms with Crippen LogP contribution in [0.1, 0.15) is 16.1 Å². The zero-order chi connectivity index (χ0) is 15.2. The van der Waals surface area contributed by atoms with E-state index in [1.807, 2.05) is 24.3 Å². The molecular formula is C14H15ClN4O2. The van der Waals surface area contributed by atoms with Gasteiger partial charge < -0.3 is 15.5 Å². The highest BCUT2D eigenvalue weighted by Gasteiger charge is 2.13. The molecule has 1 heterocycles. The van der Waals surface area contributed by atoms with Crippen LogP contribution < -0.4 is 21.3 Å². The highest BCUT2D eigenvalue weighted by molar-refractivity contribution is 6.33. The molecule has 110 valence electrons. The maximum absolute atomic E-state index is 12.1. The summed E-state index contributed by atoms with van der Waals surface area (Å²) in [7, 11) is 1.59. The van der Waals surface area contributed by atoms with Crippen LogP contribution in [0.3, 0.4) is 0 Å². The third-order valence-corrected chi connectivity index (χ3v) is 3.10. The van der Waals surface area contributed by atoms with Crippen LogP contribution in [0.25, 0.3) is 0 Å². The minimum Gasteiger partial charge on any atom is -0.497 e. The number of hydrazine groups is 1. The Bertz CT molecular complexity index is 649. The molecule has 1 amide bonds. The maximum Gasteiger partial charge on any atom is 0.271 e. The number of rotatable bonds is 5. The Hall–Kier alpha value is -2.31. The third-order valence-electron chi connectivity index (χ3n) is 2.80. The number of carbonyl (C=O) groups excluding carboxylic acids is 1. The summed E-state index contributed by atoms with van der Waals surface area (Å²) in [5, 5.41) is 3.01. The summed E-state index contributed by atoms with van der Waals surface area (Å²) in [5.74, 6) is 5.99. The van der Waals surface area contributed by atoms with Gasteiger partial charge in [-0.05, 0) is 29.8 Å². The SMILES string of the molecule is COc1cccc(CNC(=O)c2nc(NN)ccc2Cl)c1. The normalized spacial score (nSPS) is 10.0. The molecule has 0 atom stereocenters. The van der Waals surface area contributed by atoms with Gasteiger partial charge in [0.05, 0.1) is 12.1 Å². The van der Waals surface area contributed by atoms with Crippen LogP contribution in [0, 0.1) is 0 Å². The highest BCUT2D eigenvalue weighted by atomic mass is 35.5. The summed E-state index contributed by atoms with van der Waals surface area (Å²) in [6.45, 7) is 0.342. The fourth-order valence-corrected chi connectivity index (χ4v) is 1.92. The number of amides is 1. The number of benzene rings is 1. The number of hydrogen-bond donors (Lipinski definition) is 3. The Kier molecular flexibility index (Phi) is 4.97. The zero-order valence-corrected chi connectivity index (χ0v) is 12.1. The number of nitrogens with one attached hydrogen (secondary N) is 2. The predicted octanol–water partition coefficient (Wildman–Crippen LogP) is 1.96. The number of carbonyl (C=O) groups is 1. The van der Waals surface area contributed by atoms with Crippen molar-refractivity contribution in [2.45, 2.75) is 6.54 Å². The molecule has 0 aliphatic rings. The van der Waals surface area contributed by atoms with Crippen LogP contribution in [0.15, 0.2) is 36.4 Å². The van der Waals surface area contributed by atoms with Gasteiger partial charge in [-0.1, -0.05) is 23.7 Å². The van der Waals surface area contributed by atoms with Gasteiger partial charge in [-0.2, -0.15) is 0 Å². The molecule has 0 aliphatic carbocycles. The Morgan fingerprint density at radius 3 is 2.90 bits per heavy atom. The molecule has 2 rings (SSSR count). The van der Waals surface area contributed by atoms with E-state index in [4.69, 9.17) is 22.2 Å². The summed E-state index contributed by atoms with van der Waals surface area (Å²) in [4.78, 5) is 16.1. The van der Waals surface area contributed by atoms with Crippen molar-refractivity contribution in [2.75, 3.05) is 12.5 Å². The first-order chi connectivity index (χ1) is 10.1. The van der Waals surface area contributed by atoms with Gasteiger partial charge in [-0.25, -0.2) is 10.8 Å². The van der Waals surface area contributed by atoms with E-state index < -0.39 is 0 Å². The number of nitrogens with two attached hydrogens (primary N) is 1. The quantitative estimate of drug-likeness (QED) is 0.580. The van der Waals surface area contributed by atoms with Gasteiger partial charge in [0.15, 0.2) is 0 Å². The molecule has 7 heteroatoms. The Morgan fingerprint density at radius 2 is 2.19 bits per heavy atom. The minimum atomic E-state index is -0.375. The van der Waals surface area contributed by atoms with Crippen LogP contribution in [-0.2, 0) is 6.54 Å². The van der Waals surface area contributed by atoms with Crippen molar-refractivity contribution in [3.05, 3.63) is 52.7 Å². The summed E-state index contributed by atoms with van der Waals surface area (Å²) >= 11 is 5.97. The van der Waals surface area contributed by atoms with Crippen molar-refractivity contribution < 1.29 is 9.53 Å². The first-order valence-corrected chi connectivity index (χ1v) is 6.56. The number of aromatic nitrogens is 1. The van der Waals surface area contributed by atoms with E-state index in [-0.39, 0.29) is 16.6 Å². The predicted molar refractivity (Wildman–Crippen MR) is 81.2 cm³/mol. The number of halogens is 1. The van der Waals surface area contributed by atoms with E-state index in [0.717, 1.165) is 11.3 Å². The lowest BCUT2D eigenvalue weighted by atomic mass is 10.2. The highest BCUT2D eigenvalue weighted by Crippen LogP contribution is 2.17. The largest absolute Gasteiger partial charge is 0.497 e. The van der Waals surface area contributed by atoms with Crippen LogP contribution in [0.5, 0.6) is 5.75 Å². The molecule has 0 spiro atoms. The van der Waals surface area contributed by atoms with Gasteiger partial charge in [-0.15, -0.1) is 0 Å². The molecule has 0 saturated heterocycles. The van der Waals surface area contributed by atoms with Gasteiger partial charge in [0.25, 0.3) is 5.91 Å². The Balaban J connectivity index is 2.07. The average molecular weight is 307 g/mol. The molecule has 0 aliphatic heterocycles. The summed E-state index contributed by atoms with van der Waals surface area (Å²) in [6, 6.07) is 10.6. The van der Waals surface area contributed by atoms with Gasteiger partial charge >= 0.3 is 0 Å². The van der Waals surface area contributed by atoms with E-state index in [0.29, 0.717) is 12.4 Å². The van der Waals surface area contributed by atoms with E-state index in [1.54, 1.807) is 19.2 Å². The summed E-state index contributed by atoms with van der Waals surface area (Å²) in [6.07, 6.45) is 0. The zero-order valence-electron chi connectivity index (χ0n) is 11.4. The summed E-state index contributed by atoms with van der Waals surface area (Å²) < 4.78 is 5.13. The first kappa shape index (κ1) is 15.1. The minimum absolute atomic E-state index is 0.120. The lowest BCUT2D eigenvalue weighted by Crippen LogP contribution is -2.24.